The summed E-state index contributed by atoms with van der Waals surface area (Å²) in [6.45, 7) is 3.17. The molecule has 31 heavy (non-hydrogen) atoms. The SMILES string of the molecule is CCn1cc(/C=N\NC(=O)c2cccn(Cc3ccccc3Cl)c2=O)c2ccccc21. The number of hydrogen-bond donors (Lipinski definition) is 1. The Kier molecular flexibility index (Phi) is 6.00. The van der Waals surface area contributed by atoms with Gasteiger partial charge in [0, 0.05) is 40.4 Å². The normalized spacial score (nSPS) is 11.3. The molecule has 156 valence electrons. The largest absolute Gasteiger partial charge is 0.347 e. The number of rotatable bonds is 6. The second-order valence-electron chi connectivity index (χ2n) is 7.03. The molecule has 0 aliphatic carbocycles. The smallest absolute Gasteiger partial charge is 0.276 e. The lowest BCUT2D eigenvalue weighted by atomic mass is 10.2. The number of carbonyl (C=O) groups excluding carboxylic acids is 1. The Morgan fingerprint density at radius 2 is 1.84 bits per heavy atom. The monoisotopic (exact) mass is 432 g/mol. The third kappa shape index (κ3) is 4.29. The highest BCUT2D eigenvalue weighted by molar-refractivity contribution is 6.31. The van der Waals surface area contributed by atoms with Crippen molar-refractivity contribution in [3.63, 3.8) is 0 Å². The molecule has 0 unspecified atom stereocenters. The van der Waals surface area contributed by atoms with Crippen LogP contribution in [0, 0.1) is 0 Å². The summed E-state index contributed by atoms with van der Waals surface area (Å²) in [5, 5.41) is 5.69. The molecule has 0 atom stereocenters. The van der Waals surface area contributed by atoms with Gasteiger partial charge in [-0.2, -0.15) is 5.10 Å². The summed E-state index contributed by atoms with van der Waals surface area (Å²) < 4.78 is 3.57. The van der Waals surface area contributed by atoms with Crippen molar-refractivity contribution in [3.05, 3.63) is 105 Å². The zero-order valence-corrected chi connectivity index (χ0v) is 17.7. The molecule has 2 aromatic heterocycles. The summed E-state index contributed by atoms with van der Waals surface area (Å²) in [5.74, 6) is -0.561. The second-order valence-corrected chi connectivity index (χ2v) is 7.44. The first kappa shape index (κ1) is 20.6. The average molecular weight is 433 g/mol. The van der Waals surface area contributed by atoms with E-state index in [4.69, 9.17) is 11.6 Å². The minimum Gasteiger partial charge on any atom is -0.347 e. The molecule has 2 heterocycles. The van der Waals surface area contributed by atoms with Crippen LogP contribution in [0.15, 0.2) is 83.0 Å². The van der Waals surface area contributed by atoms with Gasteiger partial charge in [0.25, 0.3) is 11.5 Å². The Morgan fingerprint density at radius 3 is 2.65 bits per heavy atom. The number of benzene rings is 2. The molecule has 1 N–H and O–H groups in total. The molecule has 0 aliphatic rings. The highest BCUT2D eigenvalue weighted by atomic mass is 35.5. The lowest BCUT2D eigenvalue weighted by molar-refractivity contribution is 0.0953. The van der Waals surface area contributed by atoms with E-state index in [0.29, 0.717) is 5.02 Å². The minimum absolute atomic E-state index is 0.0164. The maximum absolute atomic E-state index is 12.8. The number of nitrogens with one attached hydrogen (secondary N) is 1. The van der Waals surface area contributed by atoms with Gasteiger partial charge in [0.2, 0.25) is 0 Å². The van der Waals surface area contributed by atoms with Crippen molar-refractivity contribution in [2.24, 2.45) is 5.10 Å². The number of fused-ring (bicyclic) bond motifs is 1. The number of pyridine rings is 1. The van der Waals surface area contributed by atoms with Crippen LogP contribution in [-0.4, -0.2) is 21.3 Å². The van der Waals surface area contributed by atoms with Gasteiger partial charge in [0.15, 0.2) is 0 Å². The van der Waals surface area contributed by atoms with Crippen molar-refractivity contribution in [3.8, 4) is 0 Å². The molecule has 0 fully saturated rings. The van der Waals surface area contributed by atoms with Gasteiger partial charge in [-0.15, -0.1) is 0 Å². The molecule has 7 heteroatoms. The van der Waals surface area contributed by atoms with Crippen molar-refractivity contribution < 1.29 is 4.79 Å². The Hall–Kier alpha value is -3.64. The summed E-state index contributed by atoms with van der Waals surface area (Å²) in [6, 6.07) is 18.4. The van der Waals surface area contributed by atoms with E-state index in [1.807, 2.05) is 48.7 Å². The van der Waals surface area contributed by atoms with Gasteiger partial charge in [-0.05, 0) is 36.8 Å². The van der Waals surface area contributed by atoms with Crippen LogP contribution in [0.3, 0.4) is 0 Å². The fraction of sp³-hybridized carbons (Fsp3) is 0.125. The topological polar surface area (TPSA) is 68.4 Å². The van der Waals surface area contributed by atoms with E-state index < -0.39 is 11.5 Å². The van der Waals surface area contributed by atoms with E-state index >= 15 is 0 Å². The molecule has 0 saturated carbocycles. The van der Waals surface area contributed by atoms with Crippen molar-refractivity contribution in [2.75, 3.05) is 0 Å². The molecule has 4 aromatic rings. The molecule has 0 saturated heterocycles. The summed E-state index contributed by atoms with van der Waals surface area (Å²) in [4.78, 5) is 25.4. The third-order valence-electron chi connectivity index (χ3n) is 5.09. The first-order valence-corrected chi connectivity index (χ1v) is 10.3. The molecule has 0 spiro atoms. The zero-order valence-electron chi connectivity index (χ0n) is 17.0. The molecular weight excluding hydrogens is 412 g/mol. The predicted molar refractivity (Wildman–Crippen MR) is 124 cm³/mol. The number of hydrogen-bond acceptors (Lipinski definition) is 3. The molecular formula is C24H21ClN4O2. The number of amides is 1. The molecule has 6 nitrogen and oxygen atoms in total. The van der Waals surface area contributed by atoms with E-state index in [1.54, 1.807) is 24.5 Å². The first-order chi connectivity index (χ1) is 15.1. The summed E-state index contributed by atoms with van der Waals surface area (Å²) in [5.41, 5.74) is 4.87. The number of carbonyl (C=O) groups is 1. The zero-order chi connectivity index (χ0) is 21.8. The van der Waals surface area contributed by atoms with Gasteiger partial charge < -0.3 is 9.13 Å². The standard InChI is InChI=1S/C24H21ClN4O2/c1-2-28-16-18(19-9-4-6-12-22(19)28)14-26-27-23(30)20-10-7-13-29(24(20)31)15-17-8-3-5-11-21(17)25/h3-14,16H,2,15H2,1H3,(H,27,30)/b26-14-. The van der Waals surface area contributed by atoms with Crippen LogP contribution in [0.2, 0.25) is 5.02 Å². The van der Waals surface area contributed by atoms with Gasteiger partial charge in [0.1, 0.15) is 5.56 Å². The van der Waals surface area contributed by atoms with Crippen LogP contribution in [0.25, 0.3) is 10.9 Å². The van der Waals surface area contributed by atoms with E-state index in [0.717, 1.165) is 28.6 Å². The maximum atomic E-state index is 12.8. The number of halogens is 1. The lowest BCUT2D eigenvalue weighted by Gasteiger charge is -2.09. The van der Waals surface area contributed by atoms with Crippen molar-refractivity contribution >= 4 is 34.6 Å². The summed E-state index contributed by atoms with van der Waals surface area (Å²) in [6.07, 6.45) is 5.21. The van der Waals surface area contributed by atoms with Gasteiger partial charge in [-0.25, -0.2) is 5.43 Å². The number of aryl methyl sites for hydroxylation is 1. The Balaban J connectivity index is 1.53. The van der Waals surface area contributed by atoms with Crippen LogP contribution in [-0.2, 0) is 13.1 Å². The van der Waals surface area contributed by atoms with Crippen molar-refractivity contribution in [1.29, 1.82) is 0 Å². The predicted octanol–water partition coefficient (Wildman–Crippen LogP) is 4.29. The highest BCUT2D eigenvalue weighted by Crippen LogP contribution is 2.19. The highest BCUT2D eigenvalue weighted by Gasteiger charge is 2.12. The van der Waals surface area contributed by atoms with Crippen LogP contribution >= 0.6 is 11.6 Å². The summed E-state index contributed by atoms with van der Waals surface area (Å²) in [7, 11) is 0. The Bertz CT molecular complexity index is 1340. The molecule has 0 bridgehead atoms. The van der Waals surface area contributed by atoms with Gasteiger partial charge in [0.05, 0.1) is 12.8 Å². The van der Waals surface area contributed by atoms with Gasteiger partial charge in [-0.1, -0.05) is 48.0 Å². The minimum atomic E-state index is -0.561. The molecule has 0 radical (unpaired) electrons. The van der Waals surface area contributed by atoms with Crippen LogP contribution in [0.5, 0.6) is 0 Å². The first-order valence-electron chi connectivity index (χ1n) is 9.92. The number of aromatic nitrogens is 2. The Labute approximate surface area is 184 Å². The van der Waals surface area contributed by atoms with Crippen molar-refractivity contribution in [2.45, 2.75) is 20.0 Å². The average Bonchev–Trinajstić information content (AvgIpc) is 3.14. The molecule has 2 aromatic carbocycles. The molecule has 0 aliphatic heterocycles. The quantitative estimate of drug-likeness (QED) is 0.365. The molecule has 4 rings (SSSR count). The van der Waals surface area contributed by atoms with Crippen LogP contribution < -0.4 is 11.0 Å². The maximum Gasteiger partial charge on any atom is 0.276 e. The molecule has 1 amide bonds. The fourth-order valence-corrected chi connectivity index (χ4v) is 3.70. The van der Waals surface area contributed by atoms with Gasteiger partial charge >= 0.3 is 0 Å². The van der Waals surface area contributed by atoms with E-state index in [1.165, 1.54) is 10.6 Å². The van der Waals surface area contributed by atoms with E-state index in [-0.39, 0.29) is 12.1 Å². The van der Waals surface area contributed by atoms with E-state index in [2.05, 4.69) is 22.0 Å². The number of hydrazone groups is 1. The summed E-state index contributed by atoms with van der Waals surface area (Å²) >= 11 is 6.19. The van der Waals surface area contributed by atoms with Crippen molar-refractivity contribution in [1.82, 2.24) is 14.6 Å². The van der Waals surface area contributed by atoms with Crippen LogP contribution in [0.1, 0.15) is 28.4 Å². The fourth-order valence-electron chi connectivity index (χ4n) is 3.50. The Morgan fingerprint density at radius 1 is 1.06 bits per heavy atom. The van der Waals surface area contributed by atoms with E-state index in [9.17, 15) is 9.59 Å². The number of nitrogens with zero attached hydrogens (tertiary/aromatic N) is 3. The lowest BCUT2D eigenvalue weighted by Crippen LogP contribution is -2.30. The second kappa shape index (κ2) is 9.02. The van der Waals surface area contributed by atoms with Crippen LogP contribution in [0.4, 0.5) is 0 Å². The third-order valence-corrected chi connectivity index (χ3v) is 5.46. The van der Waals surface area contributed by atoms with Gasteiger partial charge in [-0.3, -0.25) is 9.59 Å². The number of para-hydroxylation sites is 1.